The van der Waals surface area contributed by atoms with Crippen molar-refractivity contribution in [1.82, 2.24) is 16.0 Å². The van der Waals surface area contributed by atoms with Crippen molar-refractivity contribution in [2.24, 2.45) is 10.9 Å². The van der Waals surface area contributed by atoms with Gasteiger partial charge in [0, 0.05) is 58.7 Å². The summed E-state index contributed by atoms with van der Waals surface area (Å²) in [5.41, 5.74) is 1.76. The largest absolute Gasteiger partial charge is 0.381 e. The molecule has 1 aliphatic heterocycles. The van der Waals surface area contributed by atoms with E-state index in [1.165, 1.54) is 0 Å². The second-order valence-electron chi connectivity index (χ2n) is 7.04. The van der Waals surface area contributed by atoms with Crippen molar-refractivity contribution in [2.75, 3.05) is 53.1 Å². The van der Waals surface area contributed by atoms with E-state index in [1.54, 1.807) is 7.05 Å². The maximum Gasteiger partial charge on any atom is 0.251 e. The van der Waals surface area contributed by atoms with Crippen LogP contribution in [0.5, 0.6) is 0 Å². The summed E-state index contributed by atoms with van der Waals surface area (Å²) in [5, 5.41) is 9.37. The van der Waals surface area contributed by atoms with Crippen LogP contribution in [0.1, 0.15) is 35.2 Å². The normalized spacial score (nSPS) is 14.8. The number of guanidine groups is 1. The summed E-state index contributed by atoms with van der Waals surface area (Å²) >= 11 is 0. The molecule has 29 heavy (non-hydrogen) atoms. The van der Waals surface area contributed by atoms with Crippen LogP contribution in [0.15, 0.2) is 29.3 Å². The van der Waals surface area contributed by atoms with Crippen LogP contribution in [-0.4, -0.2) is 65.0 Å². The van der Waals surface area contributed by atoms with Crippen LogP contribution in [0.25, 0.3) is 0 Å². The summed E-state index contributed by atoms with van der Waals surface area (Å²) in [6.07, 6.45) is 3.14. The van der Waals surface area contributed by atoms with Crippen LogP contribution in [-0.2, 0) is 9.47 Å². The molecule has 1 amide bonds. The third-order valence-electron chi connectivity index (χ3n) is 4.66. The van der Waals surface area contributed by atoms with Crippen LogP contribution < -0.4 is 16.0 Å². The zero-order valence-electron chi connectivity index (χ0n) is 17.5. The molecule has 7 nitrogen and oxygen atoms in total. The second kappa shape index (κ2) is 15.4. The number of carbonyl (C=O) groups excluding carboxylic acids is 1. The molecule has 1 aliphatic rings. The maximum absolute atomic E-state index is 12.1. The fraction of sp³-hybridized carbons (Fsp3) is 0.619. The number of rotatable bonds is 10. The summed E-state index contributed by atoms with van der Waals surface area (Å²) in [5.74, 6) is 1.32. The van der Waals surface area contributed by atoms with Crippen molar-refractivity contribution >= 4 is 35.8 Å². The number of aliphatic imine (C=N–C) groups is 1. The molecule has 0 unspecified atom stereocenters. The molecule has 164 valence electrons. The number of aryl methyl sites for hydroxylation is 1. The lowest BCUT2D eigenvalue weighted by Crippen LogP contribution is -2.42. The second-order valence-corrected chi connectivity index (χ2v) is 7.04. The van der Waals surface area contributed by atoms with Gasteiger partial charge in [0.25, 0.3) is 5.91 Å². The fourth-order valence-electron chi connectivity index (χ4n) is 3.01. The summed E-state index contributed by atoms with van der Waals surface area (Å²) < 4.78 is 11.1. The van der Waals surface area contributed by atoms with E-state index in [2.05, 4.69) is 20.9 Å². The van der Waals surface area contributed by atoms with E-state index in [1.807, 2.05) is 31.2 Å². The first-order valence-electron chi connectivity index (χ1n) is 10.1. The molecular formula is C21H35IN4O3. The topological polar surface area (TPSA) is 84.0 Å². The van der Waals surface area contributed by atoms with E-state index in [4.69, 9.17) is 9.47 Å². The number of hydrogen-bond acceptors (Lipinski definition) is 4. The molecule has 1 aromatic carbocycles. The standard InChI is InChI=1S/C21H34N4O3.HI/c1-17-5-3-6-19(15-17)20(26)23-10-11-25-21(22-2)24-9-4-12-28-16-18-7-13-27-14-8-18;/h3,5-6,15,18H,4,7-14,16H2,1-2H3,(H,23,26)(H2,22,24,25);1H. The molecule has 1 fully saturated rings. The summed E-state index contributed by atoms with van der Waals surface area (Å²) in [6, 6.07) is 7.57. The Balaban J connectivity index is 0.00000420. The number of amides is 1. The van der Waals surface area contributed by atoms with Gasteiger partial charge in [0.2, 0.25) is 0 Å². The molecule has 8 heteroatoms. The molecule has 3 N–H and O–H groups in total. The van der Waals surface area contributed by atoms with Crippen molar-refractivity contribution in [3.8, 4) is 0 Å². The van der Waals surface area contributed by atoms with E-state index >= 15 is 0 Å². The molecule has 1 aromatic rings. The van der Waals surface area contributed by atoms with Gasteiger partial charge in [-0.05, 0) is 44.2 Å². The van der Waals surface area contributed by atoms with Gasteiger partial charge in [-0.3, -0.25) is 9.79 Å². The molecular weight excluding hydrogens is 483 g/mol. The minimum Gasteiger partial charge on any atom is -0.381 e. The summed E-state index contributed by atoms with van der Waals surface area (Å²) in [6.45, 7) is 7.21. The van der Waals surface area contributed by atoms with Crippen LogP contribution >= 0.6 is 24.0 Å². The molecule has 1 saturated heterocycles. The lowest BCUT2D eigenvalue weighted by Gasteiger charge is -2.21. The highest BCUT2D eigenvalue weighted by atomic mass is 127. The minimum atomic E-state index is -0.0601. The summed E-state index contributed by atoms with van der Waals surface area (Å²) in [4.78, 5) is 16.3. The van der Waals surface area contributed by atoms with E-state index in [0.717, 1.165) is 63.8 Å². The molecule has 0 bridgehead atoms. The quantitative estimate of drug-likeness (QED) is 0.192. The third kappa shape index (κ3) is 10.8. The predicted molar refractivity (Wildman–Crippen MR) is 127 cm³/mol. The number of hydrogen-bond donors (Lipinski definition) is 3. The molecule has 0 saturated carbocycles. The van der Waals surface area contributed by atoms with Gasteiger partial charge >= 0.3 is 0 Å². The van der Waals surface area contributed by atoms with Gasteiger partial charge in [-0.1, -0.05) is 17.7 Å². The van der Waals surface area contributed by atoms with Crippen molar-refractivity contribution in [3.05, 3.63) is 35.4 Å². The predicted octanol–water partition coefficient (Wildman–Crippen LogP) is 2.34. The molecule has 0 aliphatic carbocycles. The Morgan fingerprint density at radius 1 is 1.17 bits per heavy atom. The van der Waals surface area contributed by atoms with Crippen molar-refractivity contribution in [1.29, 1.82) is 0 Å². The molecule has 2 rings (SSSR count). The van der Waals surface area contributed by atoms with Crippen molar-refractivity contribution < 1.29 is 14.3 Å². The first kappa shape index (κ1) is 25.6. The van der Waals surface area contributed by atoms with E-state index < -0.39 is 0 Å². The fourth-order valence-corrected chi connectivity index (χ4v) is 3.01. The highest BCUT2D eigenvalue weighted by Crippen LogP contribution is 2.14. The Labute approximate surface area is 191 Å². The number of benzene rings is 1. The molecule has 0 spiro atoms. The van der Waals surface area contributed by atoms with Gasteiger partial charge in [0.15, 0.2) is 5.96 Å². The van der Waals surface area contributed by atoms with Crippen LogP contribution in [0.3, 0.4) is 0 Å². The van der Waals surface area contributed by atoms with Crippen molar-refractivity contribution in [3.63, 3.8) is 0 Å². The highest BCUT2D eigenvalue weighted by molar-refractivity contribution is 14.0. The Morgan fingerprint density at radius 2 is 1.90 bits per heavy atom. The van der Waals surface area contributed by atoms with E-state index in [9.17, 15) is 4.79 Å². The average molecular weight is 518 g/mol. The Bertz CT molecular complexity index is 622. The number of ether oxygens (including phenoxy) is 2. The van der Waals surface area contributed by atoms with Crippen molar-refractivity contribution in [2.45, 2.75) is 26.2 Å². The van der Waals surface area contributed by atoms with Gasteiger partial charge in [-0.15, -0.1) is 24.0 Å². The third-order valence-corrected chi connectivity index (χ3v) is 4.66. The van der Waals surface area contributed by atoms with Gasteiger partial charge in [0.1, 0.15) is 0 Å². The van der Waals surface area contributed by atoms with Gasteiger partial charge in [-0.25, -0.2) is 0 Å². The monoisotopic (exact) mass is 518 g/mol. The van der Waals surface area contributed by atoms with Crippen LogP contribution in [0.2, 0.25) is 0 Å². The molecule has 0 aromatic heterocycles. The Morgan fingerprint density at radius 3 is 2.62 bits per heavy atom. The zero-order valence-corrected chi connectivity index (χ0v) is 19.9. The highest BCUT2D eigenvalue weighted by Gasteiger charge is 2.13. The number of nitrogens with zero attached hydrogens (tertiary/aromatic N) is 1. The minimum absolute atomic E-state index is 0. The number of nitrogens with one attached hydrogen (secondary N) is 3. The van der Waals surface area contributed by atoms with Gasteiger partial charge in [0.05, 0.1) is 0 Å². The zero-order chi connectivity index (χ0) is 20.0. The lowest BCUT2D eigenvalue weighted by molar-refractivity contribution is 0.0203. The van der Waals surface area contributed by atoms with Gasteiger partial charge in [-0.2, -0.15) is 0 Å². The van der Waals surface area contributed by atoms with E-state index in [0.29, 0.717) is 24.6 Å². The van der Waals surface area contributed by atoms with E-state index in [-0.39, 0.29) is 29.9 Å². The Kier molecular flexibility index (Phi) is 13.7. The molecule has 0 radical (unpaired) electrons. The van der Waals surface area contributed by atoms with Gasteiger partial charge < -0.3 is 25.4 Å². The Hall–Kier alpha value is -1.39. The summed E-state index contributed by atoms with van der Waals surface area (Å²) in [7, 11) is 1.74. The number of carbonyl (C=O) groups is 1. The first-order chi connectivity index (χ1) is 13.7. The van der Waals surface area contributed by atoms with Crippen LogP contribution in [0.4, 0.5) is 0 Å². The van der Waals surface area contributed by atoms with Crippen LogP contribution in [0, 0.1) is 12.8 Å². The first-order valence-corrected chi connectivity index (χ1v) is 10.1. The smallest absolute Gasteiger partial charge is 0.251 e. The molecule has 1 heterocycles. The average Bonchev–Trinajstić information content (AvgIpc) is 2.72. The SMILES string of the molecule is CN=C(NCCCOCC1CCOCC1)NCCNC(=O)c1cccc(C)c1.I. The lowest BCUT2D eigenvalue weighted by atomic mass is 10.0. The molecule has 0 atom stereocenters. The maximum atomic E-state index is 12.1. The number of halogens is 1.